The summed E-state index contributed by atoms with van der Waals surface area (Å²) in [6, 6.07) is 9.70. The highest BCUT2D eigenvalue weighted by atomic mass is 16.5. The fraction of sp³-hybridized carbons (Fsp3) is 0.290. The lowest BCUT2D eigenvalue weighted by Crippen LogP contribution is -2.26. The Bertz CT molecular complexity index is 1500. The van der Waals surface area contributed by atoms with Gasteiger partial charge in [0.2, 0.25) is 5.91 Å². The van der Waals surface area contributed by atoms with E-state index in [0.717, 1.165) is 53.7 Å². The smallest absolute Gasteiger partial charge is 0.267 e. The molecule has 2 aliphatic rings. The Kier molecular flexibility index (Phi) is 8.70. The number of amides is 2. The largest absolute Gasteiger partial charge is 0.458 e. The van der Waals surface area contributed by atoms with E-state index in [1.54, 1.807) is 6.07 Å². The van der Waals surface area contributed by atoms with Gasteiger partial charge in [0.05, 0.1) is 5.39 Å². The van der Waals surface area contributed by atoms with Crippen molar-refractivity contribution < 1.29 is 14.3 Å². The summed E-state index contributed by atoms with van der Waals surface area (Å²) in [5, 5.41) is 9.78. The number of H-pyrrole nitrogens is 1. The number of rotatable bonds is 11. The molecular formula is C31H34N6O3. The van der Waals surface area contributed by atoms with Crippen LogP contribution in [0.2, 0.25) is 0 Å². The van der Waals surface area contributed by atoms with Gasteiger partial charge in [0.15, 0.2) is 5.82 Å². The molecule has 9 heteroatoms. The molecule has 2 aliphatic carbocycles. The molecule has 0 saturated heterocycles. The van der Waals surface area contributed by atoms with Crippen molar-refractivity contribution in [2.24, 2.45) is 0 Å². The van der Waals surface area contributed by atoms with E-state index in [1.165, 1.54) is 6.92 Å². The molecule has 3 aromatic rings. The molecule has 40 heavy (non-hydrogen) atoms. The monoisotopic (exact) mass is 538 g/mol. The van der Waals surface area contributed by atoms with Crippen molar-refractivity contribution in [3.63, 3.8) is 0 Å². The number of hydrogen-bond donors (Lipinski definition) is 4. The van der Waals surface area contributed by atoms with Crippen molar-refractivity contribution in [1.29, 1.82) is 0 Å². The summed E-state index contributed by atoms with van der Waals surface area (Å²) < 4.78 is 5.90. The molecule has 5 rings (SSSR count). The molecule has 4 N–H and O–H groups in total. The average Bonchev–Trinajstić information content (AvgIpc) is 3.42. The lowest BCUT2D eigenvalue weighted by atomic mass is 10.0. The van der Waals surface area contributed by atoms with Crippen LogP contribution in [0.1, 0.15) is 54.5 Å². The summed E-state index contributed by atoms with van der Waals surface area (Å²) >= 11 is 0. The fourth-order valence-corrected chi connectivity index (χ4v) is 4.56. The Morgan fingerprint density at radius 3 is 2.62 bits per heavy atom. The van der Waals surface area contributed by atoms with E-state index in [-0.39, 0.29) is 11.8 Å². The number of fused-ring (bicyclic) bond motifs is 1. The summed E-state index contributed by atoms with van der Waals surface area (Å²) in [5.41, 5.74) is 3.15. The van der Waals surface area contributed by atoms with E-state index in [1.807, 2.05) is 42.5 Å². The Hall–Kier alpha value is -4.66. The second-order valence-electron chi connectivity index (χ2n) is 9.75. The maximum atomic E-state index is 13.0. The first-order chi connectivity index (χ1) is 19.5. The highest BCUT2D eigenvalue weighted by Gasteiger charge is 2.17. The molecule has 0 bridgehead atoms. The van der Waals surface area contributed by atoms with Gasteiger partial charge in [-0.15, -0.1) is 0 Å². The maximum absolute atomic E-state index is 13.0. The predicted octanol–water partition coefficient (Wildman–Crippen LogP) is 4.82. The minimum atomic E-state index is -0.209. The number of ether oxygens (including phenoxy) is 1. The third kappa shape index (κ3) is 7.05. The van der Waals surface area contributed by atoms with Crippen molar-refractivity contribution >= 4 is 34.2 Å². The number of benzene rings is 1. The lowest BCUT2D eigenvalue weighted by molar-refractivity contribution is -0.118. The second kappa shape index (κ2) is 12.9. The van der Waals surface area contributed by atoms with Crippen LogP contribution in [0.15, 0.2) is 72.5 Å². The normalized spacial score (nSPS) is 14.4. The first kappa shape index (κ1) is 26.9. The van der Waals surface area contributed by atoms with Gasteiger partial charge in [0.25, 0.3) is 5.91 Å². The van der Waals surface area contributed by atoms with Crippen LogP contribution < -0.4 is 20.7 Å². The predicted molar refractivity (Wildman–Crippen MR) is 157 cm³/mol. The number of carbonyl (C=O) groups is 2. The molecule has 2 heterocycles. The molecular weight excluding hydrogens is 504 g/mol. The topological polar surface area (TPSA) is 121 Å². The molecule has 0 saturated carbocycles. The number of nitrogens with one attached hydrogen (secondary N) is 4. The van der Waals surface area contributed by atoms with E-state index in [4.69, 9.17) is 14.7 Å². The molecule has 0 unspecified atom stereocenters. The lowest BCUT2D eigenvalue weighted by Gasteiger charge is -2.11. The van der Waals surface area contributed by atoms with Gasteiger partial charge in [-0.2, -0.15) is 0 Å². The first-order valence-electron chi connectivity index (χ1n) is 13.7. The van der Waals surface area contributed by atoms with Crippen LogP contribution in [0.3, 0.4) is 0 Å². The zero-order valence-electron chi connectivity index (χ0n) is 22.6. The highest BCUT2D eigenvalue weighted by Crippen LogP contribution is 2.27. The number of nitrogens with zero attached hydrogens (tertiary/aromatic N) is 2. The molecule has 2 aromatic heterocycles. The van der Waals surface area contributed by atoms with Gasteiger partial charge in [-0.25, -0.2) is 9.97 Å². The van der Waals surface area contributed by atoms with Gasteiger partial charge in [-0.05, 0) is 73.6 Å². The number of aromatic nitrogens is 3. The number of aromatic amines is 1. The summed E-state index contributed by atoms with van der Waals surface area (Å²) in [6.45, 7) is 2.93. The van der Waals surface area contributed by atoms with Crippen LogP contribution in [0.25, 0.3) is 16.6 Å². The van der Waals surface area contributed by atoms with E-state index >= 15 is 0 Å². The van der Waals surface area contributed by atoms with Crippen molar-refractivity contribution in [1.82, 2.24) is 25.6 Å². The van der Waals surface area contributed by atoms with E-state index in [9.17, 15) is 9.59 Å². The van der Waals surface area contributed by atoms with Gasteiger partial charge in [0, 0.05) is 26.6 Å². The first-order valence-corrected chi connectivity index (χ1v) is 13.7. The Morgan fingerprint density at radius 1 is 1.00 bits per heavy atom. The maximum Gasteiger partial charge on any atom is 0.267 e. The minimum absolute atomic E-state index is 0.0890. The van der Waals surface area contributed by atoms with Crippen LogP contribution in [0.5, 0.6) is 5.75 Å². The third-order valence-corrected chi connectivity index (χ3v) is 6.64. The highest BCUT2D eigenvalue weighted by molar-refractivity contribution is 6.00. The fourth-order valence-electron chi connectivity index (χ4n) is 4.56. The quantitative estimate of drug-likeness (QED) is 0.260. The Balaban J connectivity index is 1.23. The van der Waals surface area contributed by atoms with E-state index < -0.39 is 0 Å². The van der Waals surface area contributed by atoms with Crippen LogP contribution >= 0.6 is 0 Å². The minimum Gasteiger partial charge on any atom is -0.458 e. The Labute approximate surface area is 233 Å². The van der Waals surface area contributed by atoms with Crippen LogP contribution in [0, 0.1) is 0 Å². The van der Waals surface area contributed by atoms with Gasteiger partial charge in [0.1, 0.15) is 28.7 Å². The van der Waals surface area contributed by atoms with Crippen molar-refractivity contribution in [3.8, 4) is 5.75 Å². The molecule has 0 radical (unpaired) electrons. The molecule has 0 fully saturated rings. The van der Waals surface area contributed by atoms with E-state index in [0.29, 0.717) is 49.0 Å². The summed E-state index contributed by atoms with van der Waals surface area (Å²) in [4.78, 5) is 36.9. The van der Waals surface area contributed by atoms with Crippen LogP contribution in [-0.2, 0) is 11.2 Å². The molecule has 9 nitrogen and oxygen atoms in total. The van der Waals surface area contributed by atoms with Gasteiger partial charge in [-0.3, -0.25) is 9.59 Å². The molecule has 1 aromatic carbocycles. The van der Waals surface area contributed by atoms with Crippen LogP contribution in [0.4, 0.5) is 5.82 Å². The zero-order chi connectivity index (χ0) is 27.7. The van der Waals surface area contributed by atoms with Crippen molar-refractivity contribution in [2.45, 2.75) is 39.0 Å². The molecule has 2 amide bonds. The van der Waals surface area contributed by atoms with Crippen molar-refractivity contribution in [3.05, 3.63) is 89.6 Å². The summed E-state index contributed by atoms with van der Waals surface area (Å²) in [6.07, 6.45) is 16.9. The SMILES string of the molecule is CC(=O)NCCNc1nc(C2=CC=CCC2)nc2[nH]c(C(=O)NCCc3ccc(OC4=CCCC=C4)cc3)cc12. The second-order valence-corrected chi connectivity index (χ2v) is 9.75. The summed E-state index contributed by atoms with van der Waals surface area (Å²) in [5.74, 6) is 2.62. The van der Waals surface area contributed by atoms with Crippen LogP contribution in [-0.4, -0.2) is 46.4 Å². The number of hydrogen-bond acceptors (Lipinski definition) is 6. The standard InChI is InChI=1S/C31H34N6O3/c1-21(38)32-18-19-33-29-26-20-27(35-30(26)37-28(36-29)23-8-4-2-5-9-23)31(39)34-17-16-22-12-14-25(15-13-22)40-24-10-6-3-7-11-24/h2,4,6,8,10-15,20H,3,5,7,9,16-19H2,1H3,(H,32,38)(H,34,39)(H2,33,35,36,37). The summed E-state index contributed by atoms with van der Waals surface area (Å²) in [7, 11) is 0. The molecule has 0 spiro atoms. The number of allylic oxidation sites excluding steroid dienone is 7. The van der Waals surface area contributed by atoms with Gasteiger partial charge >= 0.3 is 0 Å². The van der Waals surface area contributed by atoms with Gasteiger partial charge in [-0.1, -0.05) is 36.4 Å². The van der Waals surface area contributed by atoms with Gasteiger partial charge < -0.3 is 25.7 Å². The molecule has 206 valence electrons. The number of carbonyl (C=O) groups excluding carboxylic acids is 2. The molecule has 0 atom stereocenters. The Morgan fingerprint density at radius 2 is 1.88 bits per heavy atom. The number of anilines is 1. The molecule has 0 aliphatic heterocycles. The van der Waals surface area contributed by atoms with Crippen molar-refractivity contribution in [2.75, 3.05) is 25.0 Å². The van der Waals surface area contributed by atoms with E-state index in [2.05, 4.69) is 39.2 Å². The average molecular weight is 539 g/mol. The third-order valence-electron chi connectivity index (χ3n) is 6.64. The zero-order valence-corrected chi connectivity index (χ0v) is 22.6.